The molecule has 1 N–H and O–H groups in total. The number of nitrogens with zero attached hydrogens (tertiary/aromatic N) is 1. The quantitative estimate of drug-likeness (QED) is 0.874. The number of phenolic OH excluding ortho intramolecular Hbond substituents is 1. The smallest absolute Gasteiger partial charge is 0.231 e. The average Bonchev–Trinajstić information content (AvgIpc) is 3.08. The molecule has 3 aliphatic heterocycles. The van der Waals surface area contributed by atoms with E-state index in [1.54, 1.807) is 7.11 Å². The topological polar surface area (TPSA) is 51.2 Å². The number of rotatable bonds is 1. The zero-order valence-corrected chi connectivity index (χ0v) is 13.5. The van der Waals surface area contributed by atoms with Gasteiger partial charge in [-0.1, -0.05) is 6.07 Å². The Bertz CT molecular complexity index is 833. The van der Waals surface area contributed by atoms with E-state index in [0.717, 1.165) is 37.4 Å². The molecule has 0 saturated carbocycles. The summed E-state index contributed by atoms with van der Waals surface area (Å²) < 4.78 is 16.5. The van der Waals surface area contributed by atoms with Crippen LogP contribution in [0.5, 0.6) is 23.0 Å². The Hall–Kier alpha value is -2.40. The predicted molar refractivity (Wildman–Crippen MR) is 87.8 cm³/mol. The molecule has 0 aromatic heterocycles. The zero-order valence-electron chi connectivity index (χ0n) is 13.5. The van der Waals surface area contributed by atoms with Gasteiger partial charge >= 0.3 is 0 Å². The van der Waals surface area contributed by atoms with Crippen LogP contribution in [0.2, 0.25) is 0 Å². The van der Waals surface area contributed by atoms with Gasteiger partial charge < -0.3 is 19.3 Å². The second-order valence-corrected chi connectivity index (χ2v) is 6.60. The molecule has 2 aromatic rings. The number of fused-ring (bicyclic) bond motifs is 6. The number of aromatic hydroxyl groups is 1. The molecule has 5 nitrogen and oxygen atoms in total. The molecule has 0 amide bonds. The number of methoxy groups -OCH3 is 1. The van der Waals surface area contributed by atoms with Crippen molar-refractivity contribution in [1.82, 2.24) is 4.90 Å². The van der Waals surface area contributed by atoms with Crippen molar-refractivity contribution < 1.29 is 19.3 Å². The first kappa shape index (κ1) is 14.0. The standard InChI is InChI=1S/C19H19NO4/c1-22-18-8-13-12(7-16(18)21)4-5-20-9-14-11(6-15(13)20)2-3-17-19(14)24-10-23-17/h2-3,7-8,15,21H,4-6,9-10H2,1H3. The molecule has 0 saturated heterocycles. The van der Waals surface area contributed by atoms with E-state index in [9.17, 15) is 5.11 Å². The molecule has 2 aromatic carbocycles. The first-order valence-corrected chi connectivity index (χ1v) is 8.29. The molecule has 1 atom stereocenters. The van der Waals surface area contributed by atoms with E-state index in [-0.39, 0.29) is 5.75 Å². The van der Waals surface area contributed by atoms with Crippen molar-refractivity contribution in [2.24, 2.45) is 0 Å². The van der Waals surface area contributed by atoms with E-state index in [2.05, 4.69) is 11.0 Å². The van der Waals surface area contributed by atoms with Gasteiger partial charge in [-0.15, -0.1) is 0 Å². The monoisotopic (exact) mass is 325 g/mol. The van der Waals surface area contributed by atoms with Crippen molar-refractivity contribution in [1.29, 1.82) is 0 Å². The van der Waals surface area contributed by atoms with E-state index in [4.69, 9.17) is 14.2 Å². The van der Waals surface area contributed by atoms with Crippen molar-refractivity contribution in [3.05, 3.63) is 46.5 Å². The molecule has 0 fully saturated rings. The van der Waals surface area contributed by atoms with E-state index >= 15 is 0 Å². The summed E-state index contributed by atoms with van der Waals surface area (Å²) in [4.78, 5) is 2.49. The first-order chi connectivity index (χ1) is 11.7. The number of phenols is 1. The summed E-state index contributed by atoms with van der Waals surface area (Å²) in [7, 11) is 1.60. The molecule has 3 aliphatic rings. The number of hydrogen-bond donors (Lipinski definition) is 1. The van der Waals surface area contributed by atoms with Crippen molar-refractivity contribution in [2.45, 2.75) is 25.4 Å². The fourth-order valence-corrected chi connectivity index (χ4v) is 4.21. The van der Waals surface area contributed by atoms with Gasteiger partial charge in [-0.3, -0.25) is 4.90 Å². The number of ether oxygens (including phenoxy) is 3. The molecule has 0 spiro atoms. The summed E-state index contributed by atoms with van der Waals surface area (Å²) >= 11 is 0. The summed E-state index contributed by atoms with van der Waals surface area (Å²) in [6.45, 7) is 2.16. The van der Waals surface area contributed by atoms with Crippen molar-refractivity contribution in [3.8, 4) is 23.0 Å². The van der Waals surface area contributed by atoms with Gasteiger partial charge in [0.2, 0.25) is 6.79 Å². The summed E-state index contributed by atoms with van der Waals surface area (Å²) in [6, 6.07) is 8.35. The Morgan fingerprint density at radius 3 is 3.00 bits per heavy atom. The molecule has 1 unspecified atom stereocenters. The number of benzene rings is 2. The summed E-state index contributed by atoms with van der Waals surface area (Å²) in [5.41, 5.74) is 5.06. The summed E-state index contributed by atoms with van der Waals surface area (Å²) in [5, 5.41) is 10.1. The fourth-order valence-electron chi connectivity index (χ4n) is 4.21. The second-order valence-electron chi connectivity index (χ2n) is 6.60. The van der Waals surface area contributed by atoms with Crippen LogP contribution in [0, 0.1) is 0 Å². The maximum absolute atomic E-state index is 10.1. The van der Waals surface area contributed by atoms with Gasteiger partial charge in [0.1, 0.15) is 0 Å². The third-order valence-corrected chi connectivity index (χ3v) is 5.42. The molecule has 0 aliphatic carbocycles. The van der Waals surface area contributed by atoms with Crippen LogP contribution < -0.4 is 14.2 Å². The van der Waals surface area contributed by atoms with Gasteiger partial charge in [0, 0.05) is 24.7 Å². The van der Waals surface area contributed by atoms with Crippen molar-refractivity contribution in [3.63, 3.8) is 0 Å². The van der Waals surface area contributed by atoms with Crippen LogP contribution in [0.3, 0.4) is 0 Å². The molecule has 0 bridgehead atoms. The second kappa shape index (κ2) is 5.05. The highest BCUT2D eigenvalue weighted by atomic mass is 16.7. The lowest BCUT2D eigenvalue weighted by atomic mass is 9.83. The van der Waals surface area contributed by atoms with E-state index in [0.29, 0.717) is 18.6 Å². The van der Waals surface area contributed by atoms with Crippen LogP contribution >= 0.6 is 0 Å². The molecule has 124 valence electrons. The Morgan fingerprint density at radius 1 is 1.21 bits per heavy atom. The summed E-state index contributed by atoms with van der Waals surface area (Å²) in [6.07, 6.45) is 1.87. The molecule has 24 heavy (non-hydrogen) atoms. The van der Waals surface area contributed by atoms with Crippen LogP contribution in [0.15, 0.2) is 24.3 Å². The van der Waals surface area contributed by atoms with Crippen LogP contribution in [-0.2, 0) is 19.4 Å². The van der Waals surface area contributed by atoms with Crippen LogP contribution in [-0.4, -0.2) is 30.5 Å². The Kier molecular flexibility index (Phi) is 2.94. The largest absolute Gasteiger partial charge is 0.504 e. The minimum Gasteiger partial charge on any atom is -0.504 e. The van der Waals surface area contributed by atoms with Gasteiger partial charge in [-0.25, -0.2) is 0 Å². The fraction of sp³-hybridized carbons (Fsp3) is 0.368. The highest BCUT2D eigenvalue weighted by Crippen LogP contribution is 2.46. The lowest BCUT2D eigenvalue weighted by Gasteiger charge is -2.41. The highest BCUT2D eigenvalue weighted by Gasteiger charge is 2.35. The van der Waals surface area contributed by atoms with Gasteiger partial charge in [-0.05, 0) is 47.7 Å². The third kappa shape index (κ3) is 1.91. The SMILES string of the molecule is COc1cc2c(cc1O)CCN1Cc3c(ccc4c3OCO4)CC21. The minimum absolute atomic E-state index is 0.226. The van der Waals surface area contributed by atoms with Gasteiger partial charge in [0.15, 0.2) is 23.0 Å². The van der Waals surface area contributed by atoms with Crippen LogP contribution in [0.1, 0.15) is 28.3 Å². The zero-order chi connectivity index (χ0) is 16.3. The average molecular weight is 325 g/mol. The Balaban J connectivity index is 1.58. The highest BCUT2D eigenvalue weighted by molar-refractivity contribution is 5.55. The van der Waals surface area contributed by atoms with Crippen LogP contribution in [0.25, 0.3) is 0 Å². The predicted octanol–water partition coefficient (Wildman–Crippen LogP) is 2.79. The molecule has 5 rings (SSSR count). The molecule has 3 heterocycles. The third-order valence-electron chi connectivity index (χ3n) is 5.42. The normalized spacial score (nSPS) is 21.0. The lowest BCUT2D eigenvalue weighted by molar-refractivity contribution is 0.151. The Labute approximate surface area is 140 Å². The van der Waals surface area contributed by atoms with E-state index < -0.39 is 0 Å². The maximum Gasteiger partial charge on any atom is 0.231 e. The van der Waals surface area contributed by atoms with E-state index in [1.165, 1.54) is 22.3 Å². The first-order valence-electron chi connectivity index (χ1n) is 8.29. The maximum atomic E-state index is 10.1. The molecular weight excluding hydrogens is 306 g/mol. The molecule has 5 heteroatoms. The van der Waals surface area contributed by atoms with Gasteiger partial charge in [-0.2, -0.15) is 0 Å². The molecular formula is C19H19NO4. The van der Waals surface area contributed by atoms with E-state index in [1.807, 2.05) is 18.2 Å². The minimum atomic E-state index is 0.226. The summed E-state index contributed by atoms with van der Waals surface area (Å²) in [5.74, 6) is 2.55. The molecule has 0 radical (unpaired) electrons. The van der Waals surface area contributed by atoms with Crippen LogP contribution in [0.4, 0.5) is 0 Å². The van der Waals surface area contributed by atoms with Gasteiger partial charge in [0.25, 0.3) is 0 Å². The van der Waals surface area contributed by atoms with Crippen molar-refractivity contribution in [2.75, 3.05) is 20.4 Å². The van der Waals surface area contributed by atoms with Crippen molar-refractivity contribution >= 4 is 0 Å². The Morgan fingerprint density at radius 2 is 2.12 bits per heavy atom. The lowest BCUT2D eigenvalue weighted by Crippen LogP contribution is -2.39. The van der Waals surface area contributed by atoms with Gasteiger partial charge in [0.05, 0.1) is 7.11 Å². The number of hydrogen-bond acceptors (Lipinski definition) is 5.